The summed E-state index contributed by atoms with van der Waals surface area (Å²) in [5, 5.41) is 0. The van der Waals surface area contributed by atoms with E-state index in [4.69, 9.17) is 4.74 Å². The zero-order chi connectivity index (χ0) is 19.4. The van der Waals surface area contributed by atoms with Crippen LogP contribution in [0.2, 0.25) is 0 Å². The summed E-state index contributed by atoms with van der Waals surface area (Å²) in [4.78, 5) is 38.3. The monoisotopic (exact) mass is 365 g/mol. The van der Waals surface area contributed by atoms with E-state index in [1.807, 2.05) is 19.1 Å². The van der Waals surface area contributed by atoms with Crippen LogP contribution in [0.5, 0.6) is 0 Å². The molecule has 0 bridgehead atoms. The van der Waals surface area contributed by atoms with Crippen molar-refractivity contribution < 1.29 is 19.1 Å². The maximum absolute atomic E-state index is 12.5. The van der Waals surface area contributed by atoms with Crippen LogP contribution in [0, 0.1) is 0 Å². The Morgan fingerprint density at radius 3 is 2.22 bits per heavy atom. The predicted octanol–water partition coefficient (Wildman–Crippen LogP) is 3.80. The molecule has 2 aromatic carbocycles. The molecule has 1 heterocycles. The van der Waals surface area contributed by atoms with E-state index in [2.05, 4.69) is 0 Å². The Morgan fingerprint density at radius 2 is 1.67 bits per heavy atom. The molecular weight excluding hydrogens is 342 g/mol. The fraction of sp³-hybridized carbons (Fsp3) is 0.318. The van der Waals surface area contributed by atoms with Crippen LogP contribution in [0.15, 0.2) is 48.5 Å². The molecule has 3 rings (SSSR count). The molecule has 0 saturated carbocycles. The van der Waals surface area contributed by atoms with Gasteiger partial charge in [0.15, 0.2) is 6.10 Å². The van der Waals surface area contributed by atoms with Crippen LogP contribution in [0.1, 0.15) is 53.0 Å². The smallest absolute Gasteiger partial charge is 0.338 e. The van der Waals surface area contributed by atoms with E-state index in [0.717, 1.165) is 24.1 Å². The van der Waals surface area contributed by atoms with E-state index in [1.54, 1.807) is 48.2 Å². The molecule has 1 fully saturated rings. The molecule has 0 radical (unpaired) electrons. The summed E-state index contributed by atoms with van der Waals surface area (Å²) in [6, 6.07) is 14.0. The Labute approximate surface area is 158 Å². The molecule has 1 atom stereocenters. The first-order chi connectivity index (χ1) is 13.0. The molecule has 0 N–H and O–H groups in total. The summed E-state index contributed by atoms with van der Waals surface area (Å²) in [5.74, 6) is -0.691. The Hall–Kier alpha value is -2.95. The number of hydrogen-bond acceptors (Lipinski definition) is 4. The first kappa shape index (κ1) is 18.8. The van der Waals surface area contributed by atoms with Gasteiger partial charge in [0, 0.05) is 24.2 Å². The van der Waals surface area contributed by atoms with Gasteiger partial charge in [0.05, 0.1) is 5.56 Å². The second kappa shape index (κ2) is 8.16. The van der Waals surface area contributed by atoms with Crippen molar-refractivity contribution >= 4 is 23.3 Å². The molecule has 0 aliphatic carbocycles. The van der Waals surface area contributed by atoms with Gasteiger partial charge in [-0.25, -0.2) is 4.79 Å². The van der Waals surface area contributed by atoms with Crippen molar-refractivity contribution in [3.8, 4) is 0 Å². The quantitative estimate of drug-likeness (QED) is 0.577. The molecule has 2 aromatic rings. The number of rotatable bonds is 6. The zero-order valence-corrected chi connectivity index (χ0v) is 15.6. The number of amides is 1. The summed E-state index contributed by atoms with van der Waals surface area (Å²) >= 11 is 0. The van der Waals surface area contributed by atoms with E-state index in [1.165, 1.54) is 0 Å². The van der Waals surface area contributed by atoms with Gasteiger partial charge in [-0.3, -0.25) is 9.59 Å². The first-order valence-electron chi connectivity index (χ1n) is 9.24. The van der Waals surface area contributed by atoms with Gasteiger partial charge in [-0.15, -0.1) is 0 Å². The SMILES string of the molecule is CCc1ccc(C(=O)[C@H](C)OC(=O)c2ccc(N3CCCC3=O)cc2)cc1. The maximum atomic E-state index is 12.5. The van der Waals surface area contributed by atoms with Crippen molar-refractivity contribution in [2.24, 2.45) is 0 Å². The van der Waals surface area contributed by atoms with E-state index in [-0.39, 0.29) is 11.7 Å². The van der Waals surface area contributed by atoms with Crippen LogP contribution in [0.3, 0.4) is 0 Å². The van der Waals surface area contributed by atoms with Crippen molar-refractivity contribution in [3.63, 3.8) is 0 Å². The summed E-state index contributed by atoms with van der Waals surface area (Å²) < 4.78 is 5.33. The summed E-state index contributed by atoms with van der Waals surface area (Å²) in [6.07, 6.45) is 1.44. The lowest BCUT2D eigenvalue weighted by atomic mass is 10.0. The number of anilines is 1. The summed E-state index contributed by atoms with van der Waals surface area (Å²) in [5.41, 5.74) is 2.80. The lowest BCUT2D eigenvalue weighted by molar-refractivity contribution is -0.117. The van der Waals surface area contributed by atoms with Crippen LogP contribution in [-0.4, -0.2) is 30.3 Å². The number of ketones is 1. The minimum atomic E-state index is -0.871. The molecule has 0 aromatic heterocycles. The van der Waals surface area contributed by atoms with Crippen molar-refractivity contribution in [2.75, 3.05) is 11.4 Å². The van der Waals surface area contributed by atoms with Crippen LogP contribution in [0.25, 0.3) is 0 Å². The minimum absolute atomic E-state index is 0.0960. The van der Waals surface area contributed by atoms with E-state index >= 15 is 0 Å². The normalized spacial score (nSPS) is 14.9. The average Bonchev–Trinajstić information content (AvgIpc) is 3.13. The van der Waals surface area contributed by atoms with E-state index < -0.39 is 12.1 Å². The summed E-state index contributed by atoms with van der Waals surface area (Å²) in [6.45, 7) is 4.32. The molecule has 0 spiro atoms. The average molecular weight is 365 g/mol. The second-order valence-corrected chi connectivity index (χ2v) is 6.66. The molecule has 0 unspecified atom stereocenters. The van der Waals surface area contributed by atoms with Crippen molar-refractivity contribution in [1.82, 2.24) is 0 Å². The maximum Gasteiger partial charge on any atom is 0.338 e. The highest BCUT2D eigenvalue weighted by Crippen LogP contribution is 2.22. The van der Waals surface area contributed by atoms with Gasteiger partial charge in [0.2, 0.25) is 11.7 Å². The third kappa shape index (κ3) is 4.25. The van der Waals surface area contributed by atoms with Crippen molar-refractivity contribution in [2.45, 2.75) is 39.2 Å². The first-order valence-corrected chi connectivity index (χ1v) is 9.24. The number of Topliss-reactive ketones (excluding diaryl/α,β-unsaturated/α-hetero) is 1. The lowest BCUT2D eigenvalue weighted by Gasteiger charge is -2.16. The fourth-order valence-electron chi connectivity index (χ4n) is 3.12. The number of nitrogens with zero attached hydrogens (tertiary/aromatic N) is 1. The topological polar surface area (TPSA) is 63.7 Å². The Bertz CT molecular complexity index is 840. The number of esters is 1. The van der Waals surface area contributed by atoms with Gasteiger partial charge in [0.1, 0.15) is 0 Å². The van der Waals surface area contributed by atoms with Gasteiger partial charge in [-0.05, 0) is 49.6 Å². The van der Waals surface area contributed by atoms with Gasteiger partial charge in [-0.2, -0.15) is 0 Å². The van der Waals surface area contributed by atoms with Crippen molar-refractivity contribution in [3.05, 3.63) is 65.2 Å². The van der Waals surface area contributed by atoms with Gasteiger partial charge in [-0.1, -0.05) is 31.2 Å². The van der Waals surface area contributed by atoms with Crippen molar-refractivity contribution in [1.29, 1.82) is 0 Å². The van der Waals surface area contributed by atoms with E-state index in [9.17, 15) is 14.4 Å². The molecule has 27 heavy (non-hydrogen) atoms. The molecule has 1 aliphatic heterocycles. The summed E-state index contributed by atoms with van der Waals surface area (Å²) in [7, 11) is 0. The highest BCUT2D eigenvalue weighted by Gasteiger charge is 2.23. The molecule has 1 amide bonds. The van der Waals surface area contributed by atoms with Crippen LogP contribution in [0.4, 0.5) is 5.69 Å². The molecule has 1 aliphatic rings. The number of carbonyl (C=O) groups excluding carboxylic acids is 3. The highest BCUT2D eigenvalue weighted by atomic mass is 16.5. The van der Waals surface area contributed by atoms with Crippen LogP contribution in [-0.2, 0) is 16.0 Å². The molecule has 1 saturated heterocycles. The largest absolute Gasteiger partial charge is 0.451 e. The van der Waals surface area contributed by atoms with Gasteiger partial charge in [0.25, 0.3) is 0 Å². The molecule has 140 valence electrons. The molecular formula is C22H23NO4. The number of aryl methyl sites for hydroxylation is 1. The molecule has 5 heteroatoms. The lowest BCUT2D eigenvalue weighted by Crippen LogP contribution is -2.25. The Morgan fingerprint density at radius 1 is 1.04 bits per heavy atom. The Kier molecular flexibility index (Phi) is 5.69. The number of benzene rings is 2. The zero-order valence-electron chi connectivity index (χ0n) is 15.6. The third-order valence-corrected chi connectivity index (χ3v) is 4.79. The molecule has 5 nitrogen and oxygen atoms in total. The Balaban J connectivity index is 1.63. The third-order valence-electron chi connectivity index (χ3n) is 4.79. The fourth-order valence-corrected chi connectivity index (χ4v) is 3.12. The predicted molar refractivity (Wildman–Crippen MR) is 103 cm³/mol. The highest BCUT2D eigenvalue weighted by molar-refractivity contribution is 6.01. The number of hydrogen-bond donors (Lipinski definition) is 0. The number of ether oxygens (including phenoxy) is 1. The van der Waals surface area contributed by atoms with Crippen LogP contribution < -0.4 is 4.90 Å². The van der Waals surface area contributed by atoms with Crippen LogP contribution >= 0.6 is 0 Å². The van der Waals surface area contributed by atoms with Gasteiger partial charge < -0.3 is 9.64 Å². The number of carbonyl (C=O) groups is 3. The van der Waals surface area contributed by atoms with Gasteiger partial charge >= 0.3 is 5.97 Å². The second-order valence-electron chi connectivity index (χ2n) is 6.66. The minimum Gasteiger partial charge on any atom is -0.451 e. The van der Waals surface area contributed by atoms with E-state index in [0.29, 0.717) is 24.1 Å². The standard InChI is InChI=1S/C22H23NO4/c1-3-16-6-8-17(9-7-16)21(25)15(2)27-22(26)18-10-12-19(13-11-18)23-14-4-5-20(23)24/h6-13,15H,3-5,14H2,1-2H3/t15-/m0/s1.